The molecule has 0 bridgehead atoms. The van der Waals surface area contributed by atoms with Crippen molar-refractivity contribution in [3.63, 3.8) is 0 Å². The molecule has 0 aliphatic carbocycles. The van der Waals surface area contributed by atoms with Crippen LogP contribution in [0.25, 0.3) is 0 Å². The van der Waals surface area contributed by atoms with Crippen molar-refractivity contribution >= 4 is 11.5 Å². The highest BCUT2D eigenvalue weighted by atomic mass is 16.6. The molecule has 5 heteroatoms. The van der Waals surface area contributed by atoms with E-state index in [-0.39, 0.29) is 11.3 Å². The van der Waals surface area contributed by atoms with Crippen molar-refractivity contribution in [2.24, 2.45) is 5.92 Å². The minimum Gasteiger partial charge on any atom is -0.293 e. The monoisotopic (exact) mass is 218 g/mol. The second kappa shape index (κ2) is 4.53. The van der Waals surface area contributed by atoms with Crippen molar-refractivity contribution in [3.05, 3.63) is 39.4 Å². The fourth-order valence-electron chi connectivity index (χ4n) is 1.32. The van der Waals surface area contributed by atoms with Gasteiger partial charge < -0.3 is 0 Å². The zero-order valence-corrected chi connectivity index (χ0v) is 8.93. The Bertz CT molecular complexity index is 488. The number of rotatable bonds is 3. The van der Waals surface area contributed by atoms with Gasteiger partial charge in [0.25, 0.3) is 5.69 Å². The van der Waals surface area contributed by atoms with Crippen LogP contribution in [0.15, 0.2) is 18.2 Å². The van der Waals surface area contributed by atoms with E-state index >= 15 is 0 Å². The average molecular weight is 218 g/mol. The van der Waals surface area contributed by atoms with Gasteiger partial charge in [-0.05, 0) is 25.5 Å². The Morgan fingerprint density at radius 3 is 2.62 bits per heavy atom. The van der Waals surface area contributed by atoms with Crippen LogP contribution in [0.5, 0.6) is 0 Å². The van der Waals surface area contributed by atoms with E-state index in [1.165, 1.54) is 19.1 Å². The fraction of sp³-hybridized carbons (Fsp3) is 0.273. The van der Waals surface area contributed by atoms with Gasteiger partial charge in [-0.2, -0.15) is 5.26 Å². The lowest BCUT2D eigenvalue weighted by Crippen LogP contribution is -2.09. The zero-order chi connectivity index (χ0) is 12.3. The van der Waals surface area contributed by atoms with E-state index in [1.807, 2.05) is 6.07 Å². The lowest BCUT2D eigenvalue weighted by Gasteiger charge is -2.03. The number of hydrogen-bond donors (Lipinski definition) is 0. The van der Waals surface area contributed by atoms with Gasteiger partial charge in [-0.1, -0.05) is 0 Å². The summed E-state index contributed by atoms with van der Waals surface area (Å²) < 4.78 is 0. The van der Waals surface area contributed by atoms with Crippen LogP contribution in [-0.4, -0.2) is 10.7 Å². The van der Waals surface area contributed by atoms with E-state index in [9.17, 15) is 14.9 Å². The number of aryl methyl sites for hydroxylation is 1. The minimum atomic E-state index is -0.790. The number of nitro groups is 1. The largest absolute Gasteiger partial charge is 0.293 e. The number of non-ortho nitro benzene ring substituents is 1. The summed E-state index contributed by atoms with van der Waals surface area (Å²) in [4.78, 5) is 21.7. The van der Waals surface area contributed by atoms with Crippen molar-refractivity contribution < 1.29 is 9.72 Å². The first-order valence-corrected chi connectivity index (χ1v) is 4.65. The summed E-state index contributed by atoms with van der Waals surface area (Å²) >= 11 is 0. The van der Waals surface area contributed by atoms with Crippen LogP contribution in [0.3, 0.4) is 0 Å². The maximum atomic E-state index is 11.7. The van der Waals surface area contributed by atoms with Crippen LogP contribution < -0.4 is 0 Å². The van der Waals surface area contributed by atoms with Crippen molar-refractivity contribution in [2.45, 2.75) is 13.8 Å². The molecule has 82 valence electrons. The van der Waals surface area contributed by atoms with Crippen LogP contribution in [0.4, 0.5) is 5.69 Å². The van der Waals surface area contributed by atoms with Gasteiger partial charge in [0.05, 0.1) is 11.0 Å². The van der Waals surface area contributed by atoms with Gasteiger partial charge in [0, 0.05) is 17.7 Å². The highest BCUT2D eigenvalue weighted by molar-refractivity contribution is 5.99. The van der Waals surface area contributed by atoms with E-state index in [4.69, 9.17) is 5.26 Å². The van der Waals surface area contributed by atoms with Gasteiger partial charge in [-0.15, -0.1) is 0 Å². The van der Waals surface area contributed by atoms with E-state index in [0.29, 0.717) is 5.56 Å². The molecule has 1 atom stereocenters. The normalized spacial score (nSPS) is 11.6. The minimum absolute atomic E-state index is 0.131. The number of nitrogens with zero attached hydrogens (tertiary/aromatic N) is 2. The van der Waals surface area contributed by atoms with Gasteiger partial charge in [-0.3, -0.25) is 14.9 Å². The molecule has 0 saturated heterocycles. The third kappa shape index (κ3) is 2.42. The van der Waals surface area contributed by atoms with E-state index in [1.54, 1.807) is 13.0 Å². The Kier molecular flexibility index (Phi) is 3.36. The van der Waals surface area contributed by atoms with Gasteiger partial charge >= 0.3 is 0 Å². The number of benzene rings is 1. The maximum Gasteiger partial charge on any atom is 0.270 e. The topological polar surface area (TPSA) is 84.0 Å². The molecule has 0 amide bonds. The smallest absolute Gasteiger partial charge is 0.270 e. The standard InChI is InChI=1S/C11H10N2O3/c1-7-3-9(11(14)8(2)6-12)5-10(4-7)13(15)16/h3-5,8H,1-2H3. The molecule has 1 unspecified atom stereocenters. The third-order valence-corrected chi connectivity index (χ3v) is 2.14. The molecule has 5 nitrogen and oxygen atoms in total. The van der Waals surface area contributed by atoms with Crippen LogP contribution in [-0.2, 0) is 0 Å². The molecule has 0 aliphatic heterocycles. The van der Waals surface area contributed by atoms with E-state index < -0.39 is 16.6 Å². The van der Waals surface area contributed by atoms with Crippen LogP contribution >= 0.6 is 0 Å². The Morgan fingerprint density at radius 2 is 2.12 bits per heavy atom. The SMILES string of the molecule is Cc1cc(C(=O)C(C)C#N)cc([N+](=O)[O-])c1. The molecule has 1 rings (SSSR count). The second-order valence-corrected chi connectivity index (χ2v) is 3.53. The molecule has 0 saturated carbocycles. The molecular formula is C11H10N2O3. The highest BCUT2D eigenvalue weighted by Crippen LogP contribution is 2.19. The number of nitriles is 1. The summed E-state index contributed by atoms with van der Waals surface area (Å²) in [7, 11) is 0. The molecule has 0 N–H and O–H groups in total. The Morgan fingerprint density at radius 1 is 1.50 bits per heavy atom. The molecule has 0 radical (unpaired) electrons. The molecule has 0 spiro atoms. The molecule has 0 aliphatic rings. The Balaban J connectivity index is 3.21. The van der Waals surface area contributed by atoms with Crippen LogP contribution in [0.1, 0.15) is 22.8 Å². The highest BCUT2D eigenvalue weighted by Gasteiger charge is 2.18. The average Bonchev–Trinajstić information content (AvgIpc) is 2.26. The summed E-state index contributed by atoms with van der Waals surface area (Å²) in [6.07, 6.45) is 0. The first kappa shape index (κ1) is 11.9. The molecule has 0 fully saturated rings. The molecule has 1 aromatic rings. The summed E-state index contributed by atoms with van der Waals surface area (Å²) in [5.74, 6) is -1.18. The summed E-state index contributed by atoms with van der Waals surface area (Å²) in [5, 5.41) is 19.2. The van der Waals surface area contributed by atoms with E-state index in [2.05, 4.69) is 0 Å². The summed E-state index contributed by atoms with van der Waals surface area (Å²) in [6.45, 7) is 3.14. The second-order valence-electron chi connectivity index (χ2n) is 3.53. The van der Waals surface area contributed by atoms with Gasteiger partial charge in [-0.25, -0.2) is 0 Å². The molecule has 16 heavy (non-hydrogen) atoms. The first-order valence-electron chi connectivity index (χ1n) is 4.65. The van der Waals surface area contributed by atoms with Gasteiger partial charge in [0.15, 0.2) is 5.78 Å². The predicted molar refractivity (Wildman–Crippen MR) is 56.9 cm³/mol. The number of nitro benzene ring substituents is 1. The van der Waals surface area contributed by atoms with E-state index in [0.717, 1.165) is 0 Å². The maximum absolute atomic E-state index is 11.7. The third-order valence-electron chi connectivity index (χ3n) is 2.14. The quantitative estimate of drug-likeness (QED) is 0.442. The molecule has 0 heterocycles. The Labute approximate surface area is 92.5 Å². The number of Topliss-reactive ketones (excluding diaryl/α,β-unsaturated/α-hetero) is 1. The number of carbonyl (C=O) groups excluding carboxylic acids is 1. The van der Waals surface area contributed by atoms with Crippen LogP contribution in [0.2, 0.25) is 0 Å². The number of carbonyl (C=O) groups is 1. The summed E-state index contributed by atoms with van der Waals surface area (Å²) in [6, 6.07) is 5.94. The Hall–Kier alpha value is -2.22. The lowest BCUT2D eigenvalue weighted by atomic mass is 9.99. The number of ketones is 1. The molecule has 0 aromatic heterocycles. The van der Waals surface area contributed by atoms with Gasteiger partial charge in [0.1, 0.15) is 5.92 Å². The van der Waals surface area contributed by atoms with Crippen molar-refractivity contribution in [3.8, 4) is 6.07 Å². The first-order chi connectivity index (χ1) is 7.45. The van der Waals surface area contributed by atoms with Gasteiger partial charge in [0.2, 0.25) is 0 Å². The summed E-state index contributed by atoms with van der Waals surface area (Å²) in [5.41, 5.74) is 0.705. The van der Waals surface area contributed by atoms with Crippen molar-refractivity contribution in [2.75, 3.05) is 0 Å². The van der Waals surface area contributed by atoms with Crippen molar-refractivity contribution in [1.82, 2.24) is 0 Å². The predicted octanol–water partition coefficient (Wildman–Crippen LogP) is 2.25. The lowest BCUT2D eigenvalue weighted by molar-refractivity contribution is -0.384. The molecular weight excluding hydrogens is 208 g/mol. The number of hydrogen-bond acceptors (Lipinski definition) is 4. The van der Waals surface area contributed by atoms with Crippen molar-refractivity contribution in [1.29, 1.82) is 5.26 Å². The molecule has 1 aromatic carbocycles. The zero-order valence-electron chi connectivity index (χ0n) is 8.93. The van der Waals surface area contributed by atoms with Crippen LogP contribution in [0, 0.1) is 34.3 Å². The fourth-order valence-corrected chi connectivity index (χ4v) is 1.32.